The fourth-order valence-electron chi connectivity index (χ4n) is 1.42. The lowest BCUT2D eigenvalue weighted by atomic mass is 10.2. The fourth-order valence-corrected chi connectivity index (χ4v) is 3.13. The monoisotopic (exact) mass is 233 g/mol. The Kier molecular flexibility index (Phi) is 3.87. The van der Waals surface area contributed by atoms with Crippen LogP contribution < -0.4 is 5.32 Å². The maximum Gasteiger partial charge on any atom is 0.330 e. The summed E-state index contributed by atoms with van der Waals surface area (Å²) in [4.78, 5) is 10.4. The van der Waals surface area contributed by atoms with Crippen LogP contribution in [0.2, 0.25) is 0 Å². The molecule has 86 valence electrons. The number of sulfone groups is 1. The molecule has 0 spiro atoms. The largest absolute Gasteiger partial charge is 0.478 e. The Bertz CT molecular complexity index is 372. The Labute approximate surface area is 89.1 Å². The van der Waals surface area contributed by atoms with E-state index in [9.17, 15) is 13.2 Å². The first kappa shape index (κ1) is 12.2. The summed E-state index contributed by atoms with van der Waals surface area (Å²) in [6.45, 7) is 1.91. The van der Waals surface area contributed by atoms with Gasteiger partial charge in [0.2, 0.25) is 0 Å². The van der Waals surface area contributed by atoms with Crippen LogP contribution in [-0.4, -0.2) is 43.6 Å². The molecule has 0 bridgehead atoms. The SMILES string of the molecule is CC(=CCNC1CCS(=O)(=O)C1)C(=O)O. The topological polar surface area (TPSA) is 83.5 Å². The fraction of sp³-hybridized carbons (Fsp3) is 0.667. The van der Waals surface area contributed by atoms with Gasteiger partial charge in [0, 0.05) is 18.2 Å². The van der Waals surface area contributed by atoms with Crippen molar-refractivity contribution in [2.45, 2.75) is 19.4 Å². The summed E-state index contributed by atoms with van der Waals surface area (Å²) in [6.07, 6.45) is 2.16. The summed E-state index contributed by atoms with van der Waals surface area (Å²) < 4.78 is 22.2. The molecule has 0 aromatic carbocycles. The highest BCUT2D eigenvalue weighted by molar-refractivity contribution is 7.91. The summed E-state index contributed by atoms with van der Waals surface area (Å²) in [7, 11) is -2.86. The summed E-state index contributed by atoms with van der Waals surface area (Å²) >= 11 is 0. The predicted octanol–water partition coefficient (Wildman–Crippen LogP) is -0.206. The minimum Gasteiger partial charge on any atom is -0.478 e. The minimum atomic E-state index is -2.86. The number of aliphatic carboxylic acids is 1. The molecule has 1 saturated heterocycles. The maximum absolute atomic E-state index is 11.1. The standard InChI is InChI=1S/C9H15NO4S/c1-7(9(11)12)2-4-10-8-3-5-15(13,14)6-8/h2,8,10H,3-6H2,1H3,(H,11,12). The van der Waals surface area contributed by atoms with Crippen LogP contribution in [0.5, 0.6) is 0 Å². The highest BCUT2D eigenvalue weighted by atomic mass is 32.2. The Hall–Kier alpha value is -0.880. The van der Waals surface area contributed by atoms with Gasteiger partial charge in [-0.3, -0.25) is 0 Å². The van der Waals surface area contributed by atoms with E-state index in [1.165, 1.54) is 6.92 Å². The van der Waals surface area contributed by atoms with Crippen molar-refractivity contribution in [3.8, 4) is 0 Å². The number of carboxylic acids is 1. The quantitative estimate of drug-likeness (QED) is 0.657. The van der Waals surface area contributed by atoms with Gasteiger partial charge in [-0.15, -0.1) is 0 Å². The van der Waals surface area contributed by atoms with Crippen LogP contribution in [0.1, 0.15) is 13.3 Å². The van der Waals surface area contributed by atoms with Gasteiger partial charge >= 0.3 is 5.97 Å². The summed E-state index contributed by atoms with van der Waals surface area (Å²) in [5.41, 5.74) is 0.267. The first-order valence-corrected chi connectivity index (χ1v) is 6.57. The summed E-state index contributed by atoms with van der Waals surface area (Å²) in [5, 5.41) is 11.6. The molecule has 1 unspecified atom stereocenters. The molecular formula is C9H15NO4S. The van der Waals surface area contributed by atoms with Crippen molar-refractivity contribution in [3.63, 3.8) is 0 Å². The van der Waals surface area contributed by atoms with Crippen molar-refractivity contribution < 1.29 is 18.3 Å². The third kappa shape index (κ3) is 4.01. The Morgan fingerprint density at radius 2 is 2.27 bits per heavy atom. The number of carbonyl (C=O) groups is 1. The van der Waals surface area contributed by atoms with E-state index in [1.54, 1.807) is 6.08 Å². The molecule has 2 N–H and O–H groups in total. The molecule has 1 atom stereocenters. The van der Waals surface area contributed by atoms with Crippen LogP contribution in [-0.2, 0) is 14.6 Å². The van der Waals surface area contributed by atoms with E-state index in [0.29, 0.717) is 13.0 Å². The van der Waals surface area contributed by atoms with Crippen molar-refractivity contribution in [2.75, 3.05) is 18.1 Å². The van der Waals surface area contributed by atoms with E-state index in [2.05, 4.69) is 5.32 Å². The highest BCUT2D eigenvalue weighted by Gasteiger charge is 2.26. The number of hydrogen-bond donors (Lipinski definition) is 2. The van der Waals surface area contributed by atoms with Crippen LogP contribution in [0.3, 0.4) is 0 Å². The summed E-state index contributed by atoms with van der Waals surface area (Å²) in [5.74, 6) is -0.560. The van der Waals surface area contributed by atoms with Gasteiger partial charge in [-0.2, -0.15) is 0 Å². The van der Waals surface area contributed by atoms with Crippen molar-refractivity contribution in [3.05, 3.63) is 11.6 Å². The normalized spacial score (nSPS) is 25.4. The molecule has 1 fully saturated rings. The van der Waals surface area contributed by atoms with E-state index in [-0.39, 0.29) is 23.1 Å². The molecule has 0 radical (unpaired) electrons. The van der Waals surface area contributed by atoms with E-state index in [0.717, 1.165) is 0 Å². The molecule has 0 saturated carbocycles. The van der Waals surface area contributed by atoms with Gasteiger partial charge in [0.25, 0.3) is 0 Å². The predicted molar refractivity (Wildman–Crippen MR) is 56.5 cm³/mol. The van der Waals surface area contributed by atoms with Gasteiger partial charge in [-0.05, 0) is 13.3 Å². The third-order valence-electron chi connectivity index (χ3n) is 2.38. The van der Waals surface area contributed by atoms with Crippen LogP contribution >= 0.6 is 0 Å². The zero-order chi connectivity index (χ0) is 11.5. The first-order chi connectivity index (χ1) is 6.91. The van der Waals surface area contributed by atoms with Crippen LogP contribution in [0.15, 0.2) is 11.6 Å². The maximum atomic E-state index is 11.1. The van der Waals surface area contributed by atoms with E-state index < -0.39 is 15.8 Å². The van der Waals surface area contributed by atoms with Crippen molar-refractivity contribution >= 4 is 15.8 Å². The molecule has 0 aliphatic carbocycles. The average Bonchev–Trinajstić information content (AvgIpc) is 2.45. The molecule has 1 rings (SSSR count). The van der Waals surface area contributed by atoms with Gasteiger partial charge < -0.3 is 10.4 Å². The van der Waals surface area contributed by atoms with Crippen LogP contribution in [0, 0.1) is 0 Å². The molecular weight excluding hydrogens is 218 g/mol. The summed E-state index contributed by atoms with van der Waals surface area (Å²) in [6, 6.07) is -0.0344. The van der Waals surface area contributed by atoms with Gasteiger partial charge in [-0.1, -0.05) is 6.08 Å². The van der Waals surface area contributed by atoms with E-state index in [4.69, 9.17) is 5.11 Å². The van der Waals surface area contributed by atoms with Gasteiger partial charge in [0.05, 0.1) is 11.5 Å². The van der Waals surface area contributed by atoms with Gasteiger partial charge in [0.15, 0.2) is 9.84 Å². The van der Waals surface area contributed by atoms with Crippen molar-refractivity contribution in [2.24, 2.45) is 0 Å². The number of carboxylic acid groups (broad SMARTS) is 1. The number of hydrogen-bond acceptors (Lipinski definition) is 4. The van der Waals surface area contributed by atoms with Crippen molar-refractivity contribution in [1.29, 1.82) is 0 Å². The average molecular weight is 233 g/mol. The Morgan fingerprint density at radius 3 is 2.73 bits per heavy atom. The van der Waals surface area contributed by atoms with Crippen LogP contribution in [0.25, 0.3) is 0 Å². The zero-order valence-electron chi connectivity index (χ0n) is 8.56. The number of rotatable bonds is 4. The lowest BCUT2D eigenvalue weighted by Crippen LogP contribution is -2.30. The molecule has 1 heterocycles. The minimum absolute atomic E-state index is 0.0344. The smallest absolute Gasteiger partial charge is 0.330 e. The molecule has 5 nitrogen and oxygen atoms in total. The molecule has 0 amide bonds. The third-order valence-corrected chi connectivity index (χ3v) is 4.15. The number of nitrogens with one attached hydrogen (secondary N) is 1. The molecule has 1 aliphatic rings. The lowest BCUT2D eigenvalue weighted by molar-refractivity contribution is -0.132. The second-order valence-electron chi connectivity index (χ2n) is 3.70. The molecule has 0 aromatic heterocycles. The van der Waals surface area contributed by atoms with E-state index >= 15 is 0 Å². The van der Waals surface area contributed by atoms with Gasteiger partial charge in [0.1, 0.15) is 0 Å². The highest BCUT2D eigenvalue weighted by Crippen LogP contribution is 2.10. The molecule has 0 aromatic rings. The first-order valence-electron chi connectivity index (χ1n) is 4.74. The second-order valence-corrected chi connectivity index (χ2v) is 5.93. The zero-order valence-corrected chi connectivity index (χ0v) is 9.38. The van der Waals surface area contributed by atoms with Crippen LogP contribution in [0.4, 0.5) is 0 Å². The molecule has 1 aliphatic heterocycles. The second kappa shape index (κ2) is 4.76. The molecule has 15 heavy (non-hydrogen) atoms. The van der Waals surface area contributed by atoms with E-state index in [1.807, 2.05) is 0 Å². The van der Waals surface area contributed by atoms with Gasteiger partial charge in [-0.25, -0.2) is 13.2 Å². The Balaban J connectivity index is 2.34. The van der Waals surface area contributed by atoms with Crippen molar-refractivity contribution in [1.82, 2.24) is 5.32 Å². The molecule has 6 heteroatoms. The lowest BCUT2D eigenvalue weighted by Gasteiger charge is -2.07. The Morgan fingerprint density at radius 1 is 1.60 bits per heavy atom.